The van der Waals surface area contributed by atoms with Crippen LogP contribution in [0.4, 0.5) is 0 Å². The number of nitrogens with zero attached hydrogens (tertiary/aromatic N) is 4. The molecule has 2 aromatic rings. The number of hydrogen-bond donors (Lipinski definition) is 1. The third-order valence-corrected chi connectivity index (χ3v) is 4.94. The van der Waals surface area contributed by atoms with Gasteiger partial charge in [0.05, 0.1) is 12.6 Å². The average Bonchev–Trinajstić information content (AvgIpc) is 3.05. The van der Waals surface area contributed by atoms with Crippen LogP contribution < -0.4 is 0 Å². The number of β-amino-alcohol motifs (C(OH)–C–C–N with tert-alkyl or cyclic N) is 1. The molecule has 5 nitrogen and oxygen atoms in total. The summed E-state index contributed by atoms with van der Waals surface area (Å²) in [6.45, 7) is 6.77. The van der Waals surface area contributed by atoms with Gasteiger partial charge in [0.2, 0.25) is 0 Å². The van der Waals surface area contributed by atoms with Crippen LogP contribution in [0.25, 0.3) is 0 Å². The second-order valence-corrected chi connectivity index (χ2v) is 6.62. The molecule has 2 atom stereocenters. The van der Waals surface area contributed by atoms with Gasteiger partial charge >= 0.3 is 0 Å². The molecule has 0 amide bonds. The normalized spacial score (nSPS) is 20.6. The Morgan fingerprint density at radius 3 is 2.87 bits per heavy atom. The van der Waals surface area contributed by atoms with Crippen molar-refractivity contribution in [3.63, 3.8) is 0 Å². The van der Waals surface area contributed by atoms with E-state index in [-0.39, 0.29) is 0 Å². The van der Waals surface area contributed by atoms with Crippen molar-refractivity contribution in [2.45, 2.75) is 51.8 Å². The Hall–Kier alpha value is -1.72. The number of aliphatic hydroxyl groups excluding tert-OH is 1. The van der Waals surface area contributed by atoms with Gasteiger partial charge < -0.3 is 5.11 Å². The van der Waals surface area contributed by atoms with Crippen LogP contribution in [0.1, 0.15) is 42.1 Å². The van der Waals surface area contributed by atoms with Gasteiger partial charge in [0.25, 0.3) is 0 Å². The lowest BCUT2D eigenvalue weighted by atomic mass is 9.99. The standard InChI is InChI=1S/C18H26N4O/c1-14-6-7-16(9-15(14)2)18(23)11-21-8-4-3-5-17(21)10-22-13-19-12-20-22/h6-7,9,12-13,17-18,23H,3-5,8,10-11H2,1-2H3/t17-,18+/m0/s1. The molecule has 1 aromatic carbocycles. The molecule has 0 spiro atoms. The fourth-order valence-electron chi connectivity index (χ4n) is 3.35. The summed E-state index contributed by atoms with van der Waals surface area (Å²) in [7, 11) is 0. The lowest BCUT2D eigenvalue weighted by Gasteiger charge is -2.36. The summed E-state index contributed by atoms with van der Waals surface area (Å²) in [5, 5.41) is 14.9. The molecular weight excluding hydrogens is 288 g/mol. The molecule has 2 heterocycles. The lowest BCUT2D eigenvalue weighted by Crippen LogP contribution is -2.44. The Morgan fingerprint density at radius 1 is 1.26 bits per heavy atom. The molecule has 0 bridgehead atoms. The van der Waals surface area contributed by atoms with E-state index >= 15 is 0 Å². The zero-order chi connectivity index (χ0) is 16.2. The highest BCUT2D eigenvalue weighted by Gasteiger charge is 2.25. The van der Waals surface area contributed by atoms with E-state index < -0.39 is 6.10 Å². The van der Waals surface area contributed by atoms with Crippen LogP contribution >= 0.6 is 0 Å². The van der Waals surface area contributed by atoms with E-state index in [2.05, 4.69) is 41.0 Å². The summed E-state index contributed by atoms with van der Waals surface area (Å²) in [6, 6.07) is 6.67. The van der Waals surface area contributed by atoms with Crippen LogP contribution in [-0.2, 0) is 6.54 Å². The highest BCUT2D eigenvalue weighted by atomic mass is 16.3. The number of benzene rings is 1. The summed E-state index contributed by atoms with van der Waals surface area (Å²) < 4.78 is 1.89. The molecule has 1 saturated heterocycles. The zero-order valence-electron chi connectivity index (χ0n) is 14.0. The fourth-order valence-corrected chi connectivity index (χ4v) is 3.35. The third kappa shape index (κ3) is 3.98. The second kappa shape index (κ2) is 7.23. The second-order valence-electron chi connectivity index (χ2n) is 6.62. The van der Waals surface area contributed by atoms with Crippen LogP contribution in [-0.4, -0.2) is 43.9 Å². The van der Waals surface area contributed by atoms with Crippen LogP contribution in [0, 0.1) is 13.8 Å². The summed E-state index contributed by atoms with van der Waals surface area (Å²) in [4.78, 5) is 6.43. The van der Waals surface area contributed by atoms with Crippen molar-refractivity contribution in [2.24, 2.45) is 0 Å². The maximum absolute atomic E-state index is 10.7. The molecule has 1 fully saturated rings. The first-order chi connectivity index (χ1) is 11.1. The van der Waals surface area contributed by atoms with E-state index in [0.717, 1.165) is 25.1 Å². The van der Waals surface area contributed by atoms with E-state index in [4.69, 9.17) is 0 Å². The number of likely N-dealkylation sites (tertiary alicyclic amines) is 1. The Bertz CT molecular complexity index is 626. The monoisotopic (exact) mass is 314 g/mol. The van der Waals surface area contributed by atoms with Gasteiger partial charge in [0.1, 0.15) is 12.7 Å². The maximum Gasteiger partial charge on any atom is 0.137 e. The number of aryl methyl sites for hydroxylation is 2. The number of aromatic nitrogens is 3. The minimum Gasteiger partial charge on any atom is -0.387 e. The lowest BCUT2D eigenvalue weighted by molar-refractivity contribution is 0.0590. The maximum atomic E-state index is 10.7. The first-order valence-electron chi connectivity index (χ1n) is 8.45. The molecule has 23 heavy (non-hydrogen) atoms. The van der Waals surface area contributed by atoms with Crippen molar-refractivity contribution in [3.8, 4) is 0 Å². The smallest absolute Gasteiger partial charge is 0.137 e. The molecule has 3 rings (SSSR count). The van der Waals surface area contributed by atoms with Crippen molar-refractivity contribution in [1.82, 2.24) is 19.7 Å². The molecule has 1 aliphatic rings. The Labute approximate surface area is 138 Å². The molecule has 124 valence electrons. The van der Waals surface area contributed by atoms with Crippen molar-refractivity contribution < 1.29 is 5.11 Å². The molecule has 0 radical (unpaired) electrons. The molecule has 0 unspecified atom stereocenters. The van der Waals surface area contributed by atoms with Gasteiger partial charge in [-0.25, -0.2) is 4.98 Å². The number of aliphatic hydroxyl groups is 1. The molecule has 0 saturated carbocycles. The SMILES string of the molecule is Cc1ccc([C@H](O)CN2CCCC[C@H]2Cn2cncn2)cc1C. The topological polar surface area (TPSA) is 54.2 Å². The largest absolute Gasteiger partial charge is 0.387 e. The average molecular weight is 314 g/mol. The van der Waals surface area contributed by atoms with Gasteiger partial charge in [-0.05, 0) is 49.9 Å². The van der Waals surface area contributed by atoms with Gasteiger partial charge in [-0.1, -0.05) is 24.6 Å². The van der Waals surface area contributed by atoms with Crippen molar-refractivity contribution in [1.29, 1.82) is 0 Å². The molecular formula is C18H26N4O. The van der Waals surface area contributed by atoms with E-state index in [9.17, 15) is 5.11 Å². The third-order valence-electron chi connectivity index (χ3n) is 4.94. The molecule has 1 N–H and O–H groups in total. The van der Waals surface area contributed by atoms with E-state index in [1.54, 1.807) is 12.7 Å². The molecule has 5 heteroatoms. The first-order valence-corrected chi connectivity index (χ1v) is 8.45. The number of piperidine rings is 1. The molecule has 0 aliphatic carbocycles. The van der Waals surface area contributed by atoms with Crippen LogP contribution in [0.5, 0.6) is 0 Å². The number of rotatable bonds is 5. The number of hydrogen-bond acceptors (Lipinski definition) is 4. The highest BCUT2D eigenvalue weighted by molar-refractivity contribution is 5.31. The van der Waals surface area contributed by atoms with E-state index in [1.165, 1.54) is 24.0 Å². The summed E-state index contributed by atoms with van der Waals surface area (Å²) in [5.41, 5.74) is 3.51. The van der Waals surface area contributed by atoms with Crippen molar-refractivity contribution in [3.05, 3.63) is 47.5 Å². The van der Waals surface area contributed by atoms with E-state index in [1.807, 2.05) is 10.7 Å². The quantitative estimate of drug-likeness (QED) is 0.921. The Balaban J connectivity index is 1.67. The van der Waals surface area contributed by atoms with Gasteiger partial charge in [-0.3, -0.25) is 9.58 Å². The Kier molecular flexibility index (Phi) is 5.08. The van der Waals surface area contributed by atoms with Crippen LogP contribution in [0.15, 0.2) is 30.9 Å². The minimum absolute atomic E-state index is 0.423. The predicted molar refractivity (Wildman–Crippen MR) is 90.1 cm³/mol. The van der Waals surface area contributed by atoms with Gasteiger partial charge in [0, 0.05) is 12.6 Å². The fraction of sp³-hybridized carbons (Fsp3) is 0.556. The highest BCUT2D eigenvalue weighted by Crippen LogP contribution is 2.23. The molecule has 1 aliphatic heterocycles. The zero-order valence-corrected chi connectivity index (χ0v) is 14.0. The van der Waals surface area contributed by atoms with Gasteiger partial charge in [-0.15, -0.1) is 0 Å². The summed E-state index contributed by atoms with van der Waals surface area (Å²) in [5.74, 6) is 0. The predicted octanol–water partition coefficient (Wildman–Crippen LogP) is 2.48. The first kappa shape index (κ1) is 16.1. The van der Waals surface area contributed by atoms with Crippen molar-refractivity contribution in [2.75, 3.05) is 13.1 Å². The summed E-state index contributed by atoms with van der Waals surface area (Å²) in [6.07, 6.45) is 6.51. The Morgan fingerprint density at radius 2 is 2.13 bits per heavy atom. The molecule has 1 aromatic heterocycles. The van der Waals surface area contributed by atoms with Crippen LogP contribution in [0.2, 0.25) is 0 Å². The van der Waals surface area contributed by atoms with E-state index in [0.29, 0.717) is 12.6 Å². The van der Waals surface area contributed by atoms with Crippen LogP contribution in [0.3, 0.4) is 0 Å². The van der Waals surface area contributed by atoms with Crippen molar-refractivity contribution >= 4 is 0 Å². The van der Waals surface area contributed by atoms with Gasteiger partial charge in [0.15, 0.2) is 0 Å². The summed E-state index contributed by atoms with van der Waals surface area (Å²) >= 11 is 0. The van der Waals surface area contributed by atoms with Gasteiger partial charge in [-0.2, -0.15) is 5.10 Å². The minimum atomic E-state index is -0.439.